The molecule has 2 N–H and O–H groups in total. The summed E-state index contributed by atoms with van der Waals surface area (Å²) in [5.41, 5.74) is 0.0205. The van der Waals surface area contributed by atoms with E-state index >= 15 is 0 Å². The summed E-state index contributed by atoms with van der Waals surface area (Å²) in [7, 11) is 0. The molecule has 1 aromatic heterocycles. The molecule has 5 heteroatoms. The second-order valence-corrected chi connectivity index (χ2v) is 5.55. The summed E-state index contributed by atoms with van der Waals surface area (Å²) in [5.74, 6) is -1.02. The minimum Gasteiger partial charge on any atom is -0.481 e. The van der Waals surface area contributed by atoms with Crippen molar-refractivity contribution in [3.63, 3.8) is 0 Å². The molecule has 0 unspecified atom stereocenters. The van der Waals surface area contributed by atoms with E-state index in [-0.39, 0.29) is 12.3 Å². The first-order valence-corrected chi connectivity index (χ1v) is 7.26. The quantitative estimate of drug-likeness (QED) is 0.869. The number of hydrogen-bond acceptors (Lipinski definition) is 2. The summed E-state index contributed by atoms with van der Waals surface area (Å²) in [4.78, 5) is 23.5. The van der Waals surface area contributed by atoms with Crippen LogP contribution < -0.4 is 5.32 Å². The number of carboxylic acid groups (broad SMARTS) is 1. The van der Waals surface area contributed by atoms with Crippen LogP contribution in [0.15, 0.2) is 18.3 Å². The molecule has 20 heavy (non-hydrogen) atoms. The zero-order valence-corrected chi connectivity index (χ0v) is 11.9. The number of carbonyl (C=O) groups is 2. The molecular weight excluding hydrogens is 256 g/mol. The number of amides is 1. The van der Waals surface area contributed by atoms with Crippen LogP contribution >= 0.6 is 0 Å². The zero-order chi connectivity index (χ0) is 14.6. The van der Waals surface area contributed by atoms with Gasteiger partial charge < -0.3 is 15.0 Å². The van der Waals surface area contributed by atoms with E-state index in [9.17, 15) is 9.59 Å². The summed E-state index contributed by atoms with van der Waals surface area (Å²) in [6.07, 6.45) is 6.42. The highest BCUT2D eigenvalue weighted by Gasteiger charge is 2.36. The van der Waals surface area contributed by atoms with Gasteiger partial charge in [-0.05, 0) is 31.9 Å². The van der Waals surface area contributed by atoms with Crippen molar-refractivity contribution in [2.45, 2.75) is 57.5 Å². The number of carbonyl (C=O) groups excluding carboxylic acids is 1. The molecule has 2 rings (SSSR count). The van der Waals surface area contributed by atoms with Gasteiger partial charge >= 0.3 is 5.97 Å². The highest BCUT2D eigenvalue weighted by atomic mass is 16.4. The van der Waals surface area contributed by atoms with Crippen molar-refractivity contribution in [2.75, 3.05) is 0 Å². The summed E-state index contributed by atoms with van der Waals surface area (Å²) >= 11 is 0. The van der Waals surface area contributed by atoms with Crippen LogP contribution in [0.3, 0.4) is 0 Å². The molecule has 1 saturated carbocycles. The van der Waals surface area contributed by atoms with Gasteiger partial charge in [-0.3, -0.25) is 9.59 Å². The Morgan fingerprint density at radius 2 is 2.05 bits per heavy atom. The fourth-order valence-corrected chi connectivity index (χ4v) is 3.06. The maximum atomic E-state index is 12.4. The number of aryl methyl sites for hydroxylation is 1. The molecule has 0 atom stereocenters. The fourth-order valence-electron chi connectivity index (χ4n) is 3.06. The summed E-state index contributed by atoms with van der Waals surface area (Å²) in [6, 6.07) is 3.61. The first-order valence-electron chi connectivity index (χ1n) is 7.26. The van der Waals surface area contributed by atoms with Crippen molar-refractivity contribution in [2.24, 2.45) is 0 Å². The average Bonchev–Trinajstić information content (AvgIpc) is 2.87. The van der Waals surface area contributed by atoms with Gasteiger partial charge in [0.15, 0.2) is 0 Å². The third-order valence-electron chi connectivity index (χ3n) is 4.08. The Kier molecular flexibility index (Phi) is 4.47. The topological polar surface area (TPSA) is 71.3 Å². The van der Waals surface area contributed by atoms with Crippen molar-refractivity contribution in [3.8, 4) is 0 Å². The summed E-state index contributed by atoms with van der Waals surface area (Å²) in [5, 5.41) is 12.1. The maximum Gasteiger partial charge on any atom is 0.305 e. The lowest BCUT2D eigenvalue weighted by atomic mass is 9.79. The summed E-state index contributed by atoms with van der Waals surface area (Å²) < 4.78 is 1.87. The van der Waals surface area contributed by atoms with Crippen LogP contribution in [0.25, 0.3) is 0 Å². The van der Waals surface area contributed by atoms with Crippen molar-refractivity contribution >= 4 is 11.9 Å². The van der Waals surface area contributed by atoms with Gasteiger partial charge in [0.05, 0.1) is 12.0 Å². The zero-order valence-electron chi connectivity index (χ0n) is 11.9. The van der Waals surface area contributed by atoms with Gasteiger partial charge in [-0.2, -0.15) is 0 Å². The number of carboxylic acids is 1. The van der Waals surface area contributed by atoms with Crippen LogP contribution in [-0.4, -0.2) is 27.1 Å². The summed E-state index contributed by atoms with van der Waals surface area (Å²) in [6.45, 7) is 2.70. The Hall–Kier alpha value is -1.78. The predicted molar refractivity (Wildman–Crippen MR) is 75.6 cm³/mol. The van der Waals surface area contributed by atoms with Gasteiger partial charge in [-0.15, -0.1) is 0 Å². The SMILES string of the molecule is CCn1cccc1C(=O)NC1(CC(=O)O)CCCCC1. The number of aliphatic carboxylic acids is 1. The molecule has 1 fully saturated rings. The second kappa shape index (κ2) is 6.11. The van der Waals surface area contributed by atoms with E-state index in [0.29, 0.717) is 5.69 Å². The maximum absolute atomic E-state index is 12.4. The molecule has 1 aliphatic carbocycles. The van der Waals surface area contributed by atoms with Gasteiger partial charge in [0, 0.05) is 12.7 Å². The van der Waals surface area contributed by atoms with E-state index in [2.05, 4.69) is 5.32 Å². The number of hydrogen-bond donors (Lipinski definition) is 2. The monoisotopic (exact) mass is 278 g/mol. The minimum absolute atomic E-state index is 0.00553. The number of rotatable bonds is 5. The van der Waals surface area contributed by atoms with Crippen molar-refractivity contribution in [1.82, 2.24) is 9.88 Å². The first-order chi connectivity index (χ1) is 9.56. The highest BCUT2D eigenvalue weighted by Crippen LogP contribution is 2.31. The van der Waals surface area contributed by atoms with Gasteiger partial charge in [-0.25, -0.2) is 0 Å². The highest BCUT2D eigenvalue weighted by molar-refractivity contribution is 5.93. The van der Waals surface area contributed by atoms with Crippen LogP contribution in [0.1, 0.15) is 55.9 Å². The van der Waals surface area contributed by atoms with E-state index in [4.69, 9.17) is 5.11 Å². The molecule has 0 aliphatic heterocycles. The molecule has 0 spiro atoms. The number of nitrogens with one attached hydrogen (secondary N) is 1. The Bertz CT molecular complexity index is 487. The van der Waals surface area contributed by atoms with E-state index in [1.807, 2.05) is 23.8 Å². The number of aromatic nitrogens is 1. The predicted octanol–water partition coefficient (Wildman–Crippen LogP) is 2.42. The first kappa shape index (κ1) is 14.6. The molecule has 1 heterocycles. The van der Waals surface area contributed by atoms with Crippen molar-refractivity contribution < 1.29 is 14.7 Å². The van der Waals surface area contributed by atoms with E-state index < -0.39 is 11.5 Å². The minimum atomic E-state index is -0.849. The van der Waals surface area contributed by atoms with Crippen LogP contribution in [0.2, 0.25) is 0 Å². The van der Waals surface area contributed by atoms with Crippen LogP contribution in [0, 0.1) is 0 Å². The van der Waals surface area contributed by atoms with E-state index in [1.165, 1.54) is 0 Å². The van der Waals surface area contributed by atoms with Gasteiger partial charge in [-0.1, -0.05) is 19.3 Å². The molecule has 0 saturated heterocycles. The Morgan fingerprint density at radius 1 is 1.35 bits per heavy atom. The standard InChI is InChI=1S/C15H22N2O3/c1-2-17-10-6-7-12(17)14(20)16-15(11-13(18)19)8-4-3-5-9-15/h6-7,10H,2-5,8-9,11H2,1H3,(H,16,20)(H,18,19). The lowest BCUT2D eigenvalue weighted by Gasteiger charge is -2.37. The molecular formula is C15H22N2O3. The Balaban J connectivity index is 2.15. The van der Waals surface area contributed by atoms with Gasteiger partial charge in [0.1, 0.15) is 5.69 Å². The van der Waals surface area contributed by atoms with Crippen LogP contribution in [0.4, 0.5) is 0 Å². The second-order valence-electron chi connectivity index (χ2n) is 5.55. The lowest BCUT2D eigenvalue weighted by molar-refractivity contribution is -0.139. The van der Waals surface area contributed by atoms with Gasteiger partial charge in [0.2, 0.25) is 0 Å². The van der Waals surface area contributed by atoms with Crippen LogP contribution in [-0.2, 0) is 11.3 Å². The molecule has 1 aromatic rings. The molecule has 5 nitrogen and oxygen atoms in total. The van der Waals surface area contributed by atoms with Gasteiger partial charge in [0.25, 0.3) is 5.91 Å². The largest absolute Gasteiger partial charge is 0.481 e. The number of nitrogens with zero attached hydrogens (tertiary/aromatic N) is 1. The average molecular weight is 278 g/mol. The fraction of sp³-hybridized carbons (Fsp3) is 0.600. The lowest BCUT2D eigenvalue weighted by Crippen LogP contribution is -2.51. The van der Waals surface area contributed by atoms with Crippen LogP contribution in [0.5, 0.6) is 0 Å². The van der Waals surface area contributed by atoms with Crippen molar-refractivity contribution in [1.29, 1.82) is 0 Å². The van der Waals surface area contributed by atoms with E-state index in [0.717, 1.165) is 38.6 Å². The Morgan fingerprint density at radius 3 is 2.65 bits per heavy atom. The smallest absolute Gasteiger partial charge is 0.305 e. The Labute approximate surface area is 119 Å². The normalized spacial score (nSPS) is 17.6. The third-order valence-corrected chi connectivity index (χ3v) is 4.08. The molecule has 1 aliphatic rings. The molecule has 0 bridgehead atoms. The molecule has 110 valence electrons. The molecule has 0 aromatic carbocycles. The third kappa shape index (κ3) is 3.21. The molecule has 0 radical (unpaired) electrons. The van der Waals surface area contributed by atoms with E-state index in [1.54, 1.807) is 6.07 Å². The van der Waals surface area contributed by atoms with Crippen molar-refractivity contribution in [3.05, 3.63) is 24.0 Å². The molecule has 1 amide bonds.